The molecule has 0 radical (unpaired) electrons. The second-order valence-corrected chi connectivity index (χ2v) is 19.0. The van der Waals surface area contributed by atoms with Gasteiger partial charge in [-0.25, -0.2) is 9.78 Å². The highest BCUT2D eigenvalue weighted by Gasteiger charge is 2.43. The molecule has 4 N–H and O–H groups in total. The fourth-order valence-corrected chi connectivity index (χ4v) is 9.89. The van der Waals surface area contributed by atoms with E-state index < -0.39 is 29.7 Å². The van der Waals surface area contributed by atoms with Gasteiger partial charge in [0.15, 0.2) is 0 Å². The van der Waals surface area contributed by atoms with E-state index in [1.165, 1.54) is 0 Å². The number of nitrogens with zero attached hydrogens (tertiary/aromatic N) is 7. The first-order valence-corrected chi connectivity index (χ1v) is 25.5. The van der Waals surface area contributed by atoms with Gasteiger partial charge in [0.25, 0.3) is 11.8 Å². The average molecular weight is 1040 g/mol. The van der Waals surface area contributed by atoms with E-state index in [4.69, 9.17) is 19.2 Å². The molecule has 1 aromatic heterocycles. The molecule has 4 aliphatic heterocycles. The molecule has 2 saturated heterocycles. The lowest BCUT2D eigenvalue weighted by atomic mass is 9.91. The summed E-state index contributed by atoms with van der Waals surface area (Å²) in [5.41, 5.74) is 5.12. The molecule has 8 amide bonds. The number of carbonyl (C=O) groups excluding carboxylic acids is 7. The van der Waals surface area contributed by atoms with Crippen LogP contribution in [0.1, 0.15) is 64.4 Å². The molecule has 1 unspecified atom stereocenters. The number of piperazine rings is 1. The third-order valence-electron chi connectivity index (χ3n) is 13.9. The molecule has 21 nitrogen and oxygen atoms in total. The van der Waals surface area contributed by atoms with Gasteiger partial charge in [-0.1, -0.05) is 31.2 Å². The van der Waals surface area contributed by atoms with Gasteiger partial charge >= 0.3 is 6.03 Å². The van der Waals surface area contributed by atoms with Gasteiger partial charge in [0.1, 0.15) is 29.1 Å². The molecular formula is C56H57N11O10. The molecule has 2 fully saturated rings. The van der Waals surface area contributed by atoms with Crippen molar-refractivity contribution in [1.29, 1.82) is 0 Å². The number of piperidine rings is 1. The van der Waals surface area contributed by atoms with Crippen molar-refractivity contribution in [2.45, 2.75) is 51.7 Å². The molecule has 0 spiro atoms. The van der Waals surface area contributed by atoms with E-state index >= 15 is 0 Å². The lowest BCUT2D eigenvalue weighted by Gasteiger charge is -2.36. The first-order valence-electron chi connectivity index (χ1n) is 25.5. The maximum absolute atomic E-state index is 14.5. The van der Waals surface area contributed by atoms with Crippen LogP contribution in [0.2, 0.25) is 0 Å². The van der Waals surface area contributed by atoms with E-state index in [0.717, 1.165) is 40.5 Å². The number of ether oxygens (including phenoxy) is 3. The molecule has 0 saturated carbocycles. The van der Waals surface area contributed by atoms with Crippen molar-refractivity contribution in [3.63, 3.8) is 0 Å². The maximum Gasteiger partial charge on any atom is 0.330 e. The largest absolute Gasteiger partial charge is 0.497 e. The minimum absolute atomic E-state index is 0.0221. The molecule has 6 aromatic rings. The zero-order valence-electron chi connectivity index (χ0n) is 42.8. The smallest absolute Gasteiger partial charge is 0.330 e. The van der Waals surface area contributed by atoms with Crippen LogP contribution in [0.25, 0.3) is 10.8 Å². The topological polar surface area (TPSA) is 237 Å². The number of methoxy groups -OCH3 is 2. The van der Waals surface area contributed by atoms with E-state index in [1.54, 1.807) is 85.7 Å². The number of rotatable bonds is 18. The summed E-state index contributed by atoms with van der Waals surface area (Å²) in [6, 6.07) is 27.7. The SMILES string of the molecule is CCC(=O)Nc1ccc(CN2C(=O)N(c3cc(OC)cc(OC)c3)Cc3cnc(Nc4ccc(N5CCN(CC(=O)NCCCOc6cc7c8c(cccc8c6)C(=O)N(C6CCC(=O)NC6=O)C7=O)CC5)cc4)nc32)cc1. The van der Waals surface area contributed by atoms with E-state index in [1.807, 2.05) is 48.5 Å². The van der Waals surface area contributed by atoms with Gasteiger partial charge in [-0.05, 0) is 78.4 Å². The van der Waals surface area contributed by atoms with Gasteiger partial charge in [0.05, 0.1) is 51.7 Å². The summed E-state index contributed by atoms with van der Waals surface area (Å²) < 4.78 is 17.1. The molecule has 21 heteroatoms. The average Bonchev–Trinajstić information content (AvgIpc) is 3.59. The Morgan fingerprint density at radius 1 is 0.779 bits per heavy atom. The highest BCUT2D eigenvalue weighted by molar-refractivity contribution is 6.27. The van der Waals surface area contributed by atoms with Crippen molar-refractivity contribution in [2.24, 2.45) is 0 Å². The Morgan fingerprint density at radius 3 is 2.22 bits per heavy atom. The van der Waals surface area contributed by atoms with Crippen LogP contribution < -0.4 is 50.2 Å². The van der Waals surface area contributed by atoms with Crippen molar-refractivity contribution < 1.29 is 47.8 Å². The number of aromatic nitrogens is 2. The van der Waals surface area contributed by atoms with Gasteiger partial charge in [-0.15, -0.1) is 0 Å². The summed E-state index contributed by atoms with van der Waals surface area (Å²) in [6.45, 7) is 5.89. The van der Waals surface area contributed by atoms with Gasteiger partial charge in [-0.3, -0.25) is 53.7 Å². The Bertz CT molecular complexity index is 3270. The maximum atomic E-state index is 14.5. The standard InChI is InChI=1S/C56H57N11O10/c1-4-47(68)59-37-11-9-34(10-12-37)31-66-51-36(32-65(56(66)74)40-26-41(75-2)28-42(27-40)76-3)30-58-55(62-51)60-38-13-15-39(16-14-38)64-22-20-63(21-23-64)33-49(70)57-19-6-24-77-43-25-35-7-5-8-44-50(35)45(29-43)54(73)67(53(44)72)46-17-18-48(69)61-52(46)71/h5,7-16,25-30,46H,4,6,17-24,31-33H2,1-3H3,(H,57,70)(H,59,68)(H,58,60,62)(H,61,69,71). The van der Waals surface area contributed by atoms with Crippen LogP contribution in [0.15, 0.2) is 103 Å². The van der Waals surface area contributed by atoms with Gasteiger partial charge in [0, 0.05) is 104 Å². The van der Waals surface area contributed by atoms with Crippen molar-refractivity contribution in [3.05, 3.63) is 126 Å². The number of fused-ring (bicyclic) bond motifs is 1. The van der Waals surface area contributed by atoms with E-state index in [9.17, 15) is 33.6 Å². The third kappa shape index (κ3) is 11.2. The zero-order valence-corrected chi connectivity index (χ0v) is 42.8. The predicted octanol–water partition coefficient (Wildman–Crippen LogP) is 5.99. The molecule has 1 atom stereocenters. The molecule has 396 valence electrons. The minimum Gasteiger partial charge on any atom is -0.497 e. The summed E-state index contributed by atoms with van der Waals surface area (Å²) in [6.07, 6.45) is 2.65. The molecule has 0 aliphatic carbocycles. The fourth-order valence-electron chi connectivity index (χ4n) is 9.89. The van der Waals surface area contributed by atoms with Crippen LogP contribution in [0.5, 0.6) is 17.2 Å². The molecular weight excluding hydrogens is 987 g/mol. The summed E-state index contributed by atoms with van der Waals surface area (Å²) in [4.78, 5) is 109. The lowest BCUT2D eigenvalue weighted by Crippen LogP contribution is -2.57. The highest BCUT2D eigenvalue weighted by atomic mass is 16.5. The van der Waals surface area contributed by atoms with Crippen LogP contribution in [0.4, 0.5) is 39.3 Å². The number of urea groups is 1. The Balaban J connectivity index is 0.712. The highest BCUT2D eigenvalue weighted by Crippen LogP contribution is 2.38. The van der Waals surface area contributed by atoms with Crippen molar-refractivity contribution >= 4 is 86.8 Å². The number of amides is 8. The molecule has 10 rings (SSSR count). The number of hydrogen-bond acceptors (Lipinski definition) is 15. The van der Waals surface area contributed by atoms with E-state index in [2.05, 4.69) is 36.1 Å². The number of nitrogens with one attached hydrogen (secondary N) is 4. The molecule has 77 heavy (non-hydrogen) atoms. The first-order chi connectivity index (χ1) is 37.4. The van der Waals surface area contributed by atoms with Crippen LogP contribution >= 0.6 is 0 Å². The third-order valence-corrected chi connectivity index (χ3v) is 13.9. The second-order valence-electron chi connectivity index (χ2n) is 19.0. The molecule has 0 bridgehead atoms. The summed E-state index contributed by atoms with van der Waals surface area (Å²) in [5, 5.41) is 12.5. The molecule has 5 aromatic carbocycles. The number of benzene rings is 5. The second kappa shape index (κ2) is 22.4. The number of hydrogen-bond donors (Lipinski definition) is 4. The van der Waals surface area contributed by atoms with Crippen LogP contribution in [0.3, 0.4) is 0 Å². The number of carbonyl (C=O) groups is 7. The van der Waals surface area contributed by atoms with Crippen molar-refractivity contribution in [1.82, 2.24) is 30.4 Å². The zero-order chi connectivity index (χ0) is 53.7. The Kier molecular flexibility index (Phi) is 14.9. The van der Waals surface area contributed by atoms with Gasteiger partial charge in [0.2, 0.25) is 29.6 Å². The summed E-state index contributed by atoms with van der Waals surface area (Å²) in [7, 11) is 3.11. The molecule has 4 aliphatic rings. The minimum atomic E-state index is -1.09. The van der Waals surface area contributed by atoms with Crippen molar-refractivity contribution in [2.75, 3.05) is 85.4 Å². The van der Waals surface area contributed by atoms with E-state index in [0.29, 0.717) is 89.2 Å². The number of anilines is 6. The Labute approximate surface area is 443 Å². The van der Waals surface area contributed by atoms with E-state index in [-0.39, 0.29) is 62.5 Å². The predicted molar refractivity (Wildman–Crippen MR) is 287 cm³/mol. The monoisotopic (exact) mass is 1040 g/mol. The first kappa shape index (κ1) is 51.4. The lowest BCUT2D eigenvalue weighted by molar-refractivity contribution is -0.136. The fraction of sp³-hybridized carbons (Fsp3) is 0.304. The Hall–Kier alpha value is -9.11. The van der Waals surface area contributed by atoms with Crippen LogP contribution in [-0.2, 0) is 32.3 Å². The Morgan fingerprint density at radius 2 is 1.51 bits per heavy atom. The number of imide groups is 2. The molecule has 5 heterocycles. The van der Waals surface area contributed by atoms with Gasteiger partial charge in [-0.2, -0.15) is 4.98 Å². The summed E-state index contributed by atoms with van der Waals surface area (Å²) >= 11 is 0. The van der Waals surface area contributed by atoms with Gasteiger partial charge < -0.3 is 35.1 Å². The normalized spacial score (nSPS) is 16.5. The van der Waals surface area contributed by atoms with Crippen LogP contribution in [-0.4, -0.2) is 127 Å². The summed E-state index contributed by atoms with van der Waals surface area (Å²) in [5.74, 6) is -0.257. The van der Waals surface area contributed by atoms with Crippen molar-refractivity contribution in [3.8, 4) is 17.2 Å². The van der Waals surface area contributed by atoms with Crippen LogP contribution in [0, 0.1) is 0 Å². The quantitative estimate of drug-likeness (QED) is 0.0571.